The van der Waals surface area contributed by atoms with E-state index in [9.17, 15) is 4.79 Å². The van der Waals surface area contributed by atoms with E-state index in [-0.39, 0.29) is 5.56 Å². The monoisotopic (exact) mass is 282 g/mol. The van der Waals surface area contributed by atoms with E-state index in [4.69, 9.17) is 0 Å². The van der Waals surface area contributed by atoms with Crippen LogP contribution in [0.5, 0.6) is 0 Å². The summed E-state index contributed by atoms with van der Waals surface area (Å²) in [5.41, 5.74) is 2.90. The number of aryl methyl sites for hydroxylation is 2. The summed E-state index contributed by atoms with van der Waals surface area (Å²) in [4.78, 5) is 18.5. The zero-order valence-electron chi connectivity index (χ0n) is 11.3. The molecule has 20 heavy (non-hydrogen) atoms. The van der Waals surface area contributed by atoms with E-state index in [1.807, 2.05) is 56.4 Å². The first-order valence-electron chi connectivity index (χ1n) is 6.36. The molecular weight excluding hydrogens is 268 g/mol. The third-order valence-electron chi connectivity index (χ3n) is 3.07. The molecular formula is C16H14N2OS. The van der Waals surface area contributed by atoms with Crippen LogP contribution in [0.4, 0.5) is 0 Å². The highest BCUT2D eigenvalue weighted by atomic mass is 32.2. The average Bonchev–Trinajstić information content (AvgIpc) is 2.45. The third-order valence-corrected chi connectivity index (χ3v) is 4.08. The standard InChI is InChI=1S/C16H14N2OS/c1-11-3-6-13(7-4-11)20-14-9-17-15-8-5-12(2)10-18(15)16(14)19/h3-10H,1-2H3. The lowest BCUT2D eigenvalue weighted by Crippen LogP contribution is -2.16. The topological polar surface area (TPSA) is 34.4 Å². The minimum absolute atomic E-state index is 0.0238. The first-order chi connectivity index (χ1) is 9.63. The molecule has 3 rings (SSSR count). The summed E-state index contributed by atoms with van der Waals surface area (Å²) < 4.78 is 1.60. The Bertz CT molecular complexity index is 822. The molecule has 0 atom stereocenters. The Morgan fingerprint density at radius 1 is 1.00 bits per heavy atom. The molecule has 1 aromatic carbocycles. The van der Waals surface area contributed by atoms with Gasteiger partial charge >= 0.3 is 0 Å². The predicted molar refractivity (Wildman–Crippen MR) is 81.5 cm³/mol. The lowest BCUT2D eigenvalue weighted by atomic mass is 10.2. The molecule has 0 radical (unpaired) electrons. The van der Waals surface area contributed by atoms with Crippen LogP contribution in [0.3, 0.4) is 0 Å². The van der Waals surface area contributed by atoms with Crippen molar-refractivity contribution in [3.63, 3.8) is 0 Å². The number of rotatable bonds is 2. The number of hydrogen-bond acceptors (Lipinski definition) is 3. The Morgan fingerprint density at radius 2 is 1.70 bits per heavy atom. The fourth-order valence-corrected chi connectivity index (χ4v) is 2.79. The minimum Gasteiger partial charge on any atom is -0.268 e. The molecule has 0 aliphatic carbocycles. The molecule has 2 aromatic heterocycles. The Morgan fingerprint density at radius 3 is 2.45 bits per heavy atom. The lowest BCUT2D eigenvalue weighted by Gasteiger charge is -2.05. The molecule has 3 nitrogen and oxygen atoms in total. The van der Waals surface area contributed by atoms with Crippen molar-refractivity contribution in [2.45, 2.75) is 23.6 Å². The first-order valence-corrected chi connectivity index (χ1v) is 7.18. The Kier molecular flexibility index (Phi) is 3.32. The number of benzene rings is 1. The van der Waals surface area contributed by atoms with Crippen molar-refractivity contribution in [2.75, 3.05) is 0 Å². The van der Waals surface area contributed by atoms with E-state index >= 15 is 0 Å². The van der Waals surface area contributed by atoms with Crippen molar-refractivity contribution in [2.24, 2.45) is 0 Å². The average molecular weight is 282 g/mol. The molecule has 0 saturated carbocycles. The van der Waals surface area contributed by atoms with Gasteiger partial charge in [0.1, 0.15) is 5.65 Å². The van der Waals surface area contributed by atoms with Crippen molar-refractivity contribution in [1.82, 2.24) is 9.38 Å². The molecule has 0 N–H and O–H groups in total. The summed E-state index contributed by atoms with van der Waals surface area (Å²) in [7, 11) is 0. The van der Waals surface area contributed by atoms with E-state index in [2.05, 4.69) is 4.98 Å². The second kappa shape index (κ2) is 5.13. The number of aromatic nitrogens is 2. The third kappa shape index (κ3) is 2.47. The first kappa shape index (κ1) is 12.9. The highest BCUT2D eigenvalue weighted by Gasteiger charge is 2.06. The normalized spacial score (nSPS) is 10.9. The largest absolute Gasteiger partial charge is 0.271 e. The molecule has 4 heteroatoms. The summed E-state index contributed by atoms with van der Waals surface area (Å²) in [5.74, 6) is 0. The van der Waals surface area contributed by atoms with Crippen molar-refractivity contribution in [1.29, 1.82) is 0 Å². The van der Waals surface area contributed by atoms with Crippen LogP contribution in [0, 0.1) is 13.8 Å². The van der Waals surface area contributed by atoms with Gasteiger partial charge in [0.2, 0.25) is 0 Å². The SMILES string of the molecule is Cc1ccc(Sc2cnc3ccc(C)cn3c2=O)cc1. The smallest absolute Gasteiger partial charge is 0.268 e. The van der Waals surface area contributed by atoms with E-state index < -0.39 is 0 Å². The van der Waals surface area contributed by atoms with Crippen LogP contribution in [0.1, 0.15) is 11.1 Å². The van der Waals surface area contributed by atoms with Gasteiger partial charge in [-0.15, -0.1) is 0 Å². The van der Waals surface area contributed by atoms with Crippen LogP contribution in [-0.2, 0) is 0 Å². The van der Waals surface area contributed by atoms with Crippen LogP contribution in [-0.4, -0.2) is 9.38 Å². The molecule has 0 aliphatic heterocycles. The fraction of sp³-hybridized carbons (Fsp3) is 0.125. The maximum Gasteiger partial charge on any atom is 0.271 e. The Labute approximate surface area is 121 Å². The van der Waals surface area contributed by atoms with Crippen molar-refractivity contribution in [3.05, 3.63) is 70.3 Å². The van der Waals surface area contributed by atoms with Gasteiger partial charge in [-0.2, -0.15) is 0 Å². The Balaban J connectivity index is 2.06. The summed E-state index contributed by atoms with van der Waals surface area (Å²) in [6, 6.07) is 11.9. The molecule has 0 aliphatic rings. The van der Waals surface area contributed by atoms with Gasteiger partial charge in [-0.05, 0) is 37.6 Å². The molecule has 0 amide bonds. The number of nitrogens with zero attached hydrogens (tertiary/aromatic N) is 2. The molecule has 0 unspecified atom stereocenters. The lowest BCUT2D eigenvalue weighted by molar-refractivity contribution is 0.975. The zero-order chi connectivity index (χ0) is 14.1. The molecule has 0 saturated heterocycles. The molecule has 3 aromatic rings. The van der Waals surface area contributed by atoms with Crippen molar-refractivity contribution >= 4 is 17.4 Å². The van der Waals surface area contributed by atoms with Gasteiger partial charge < -0.3 is 0 Å². The van der Waals surface area contributed by atoms with Gasteiger partial charge in [-0.25, -0.2) is 4.98 Å². The maximum atomic E-state index is 12.5. The maximum absolute atomic E-state index is 12.5. The van der Waals surface area contributed by atoms with Gasteiger partial charge in [0.15, 0.2) is 0 Å². The zero-order valence-corrected chi connectivity index (χ0v) is 12.1. The summed E-state index contributed by atoms with van der Waals surface area (Å²) in [5, 5.41) is 0. The van der Waals surface area contributed by atoms with Crippen LogP contribution in [0.2, 0.25) is 0 Å². The molecule has 0 spiro atoms. The second-order valence-corrected chi connectivity index (χ2v) is 5.89. The minimum atomic E-state index is -0.0238. The highest BCUT2D eigenvalue weighted by molar-refractivity contribution is 7.99. The highest BCUT2D eigenvalue weighted by Crippen LogP contribution is 2.24. The van der Waals surface area contributed by atoms with E-state index in [0.717, 1.165) is 10.5 Å². The molecule has 0 bridgehead atoms. The summed E-state index contributed by atoms with van der Waals surface area (Å²) >= 11 is 1.45. The summed E-state index contributed by atoms with van der Waals surface area (Å²) in [6.45, 7) is 4.01. The molecule has 100 valence electrons. The Hall–Kier alpha value is -2.07. The van der Waals surface area contributed by atoms with E-state index in [0.29, 0.717) is 10.5 Å². The van der Waals surface area contributed by atoms with Crippen molar-refractivity contribution < 1.29 is 0 Å². The molecule has 2 heterocycles. The van der Waals surface area contributed by atoms with Gasteiger partial charge in [0.25, 0.3) is 5.56 Å². The second-order valence-electron chi connectivity index (χ2n) is 4.78. The van der Waals surface area contributed by atoms with Crippen LogP contribution in [0.25, 0.3) is 5.65 Å². The van der Waals surface area contributed by atoms with Crippen LogP contribution >= 0.6 is 11.8 Å². The van der Waals surface area contributed by atoms with Gasteiger partial charge in [-0.3, -0.25) is 9.20 Å². The van der Waals surface area contributed by atoms with Crippen molar-refractivity contribution in [3.8, 4) is 0 Å². The number of pyridine rings is 1. The molecule has 0 fully saturated rings. The van der Waals surface area contributed by atoms with Gasteiger partial charge in [-0.1, -0.05) is 35.5 Å². The van der Waals surface area contributed by atoms with E-state index in [1.54, 1.807) is 10.6 Å². The predicted octanol–water partition coefficient (Wildman–Crippen LogP) is 3.46. The number of hydrogen-bond donors (Lipinski definition) is 0. The van der Waals surface area contributed by atoms with Crippen LogP contribution in [0.15, 0.2) is 63.4 Å². The van der Waals surface area contributed by atoms with Gasteiger partial charge in [0, 0.05) is 17.3 Å². The quantitative estimate of drug-likeness (QED) is 0.722. The van der Waals surface area contributed by atoms with Crippen LogP contribution < -0.4 is 5.56 Å². The summed E-state index contributed by atoms with van der Waals surface area (Å²) in [6.07, 6.45) is 3.47. The van der Waals surface area contributed by atoms with E-state index in [1.165, 1.54) is 17.3 Å². The van der Waals surface area contributed by atoms with Gasteiger partial charge in [0.05, 0.1) is 4.90 Å². The fourth-order valence-electron chi connectivity index (χ4n) is 1.97. The number of fused-ring (bicyclic) bond motifs is 1.